The molecule has 0 aliphatic rings. The van der Waals surface area contributed by atoms with E-state index in [4.69, 9.17) is 9.26 Å². The lowest BCUT2D eigenvalue weighted by atomic mass is 10.0. The summed E-state index contributed by atoms with van der Waals surface area (Å²) in [7, 11) is 1.53. The van der Waals surface area contributed by atoms with Gasteiger partial charge < -0.3 is 14.4 Å². The molecule has 0 unspecified atom stereocenters. The minimum absolute atomic E-state index is 0.0630. The minimum Gasteiger partial charge on any atom is -0.497 e. The summed E-state index contributed by atoms with van der Waals surface area (Å²) in [6, 6.07) is 10.7. The molecule has 0 amide bonds. The fraction of sp³-hybridized carbons (Fsp3) is 0.118. The van der Waals surface area contributed by atoms with Crippen molar-refractivity contribution in [1.29, 1.82) is 0 Å². The molecule has 118 valence electrons. The predicted molar refractivity (Wildman–Crippen MR) is 79.8 cm³/mol. The van der Waals surface area contributed by atoms with Gasteiger partial charge in [-0.2, -0.15) is 0 Å². The van der Waals surface area contributed by atoms with Gasteiger partial charge in [-0.3, -0.25) is 0 Å². The van der Waals surface area contributed by atoms with Crippen LogP contribution in [0.2, 0.25) is 0 Å². The third-order valence-electron chi connectivity index (χ3n) is 3.48. The van der Waals surface area contributed by atoms with Gasteiger partial charge in [0.2, 0.25) is 0 Å². The molecular formula is C17H13F2NO3. The Bertz CT molecular complexity index is 846. The largest absolute Gasteiger partial charge is 0.497 e. The first-order valence-corrected chi connectivity index (χ1v) is 6.84. The van der Waals surface area contributed by atoms with Gasteiger partial charge in [-0.05, 0) is 24.3 Å². The monoisotopic (exact) mass is 317 g/mol. The first-order chi connectivity index (χ1) is 11.2. The van der Waals surface area contributed by atoms with Gasteiger partial charge in [-0.15, -0.1) is 0 Å². The van der Waals surface area contributed by atoms with E-state index in [1.54, 1.807) is 24.3 Å². The highest BCUT2D eigenvalue weighted by molar-refractivity contribution is 5.73. The molecule has 3 aromatic rings. The van der Waals surface area contributed by atoms with Crippen LogP contribution in [0.4, 0.5) is 8.78 Å². The molecule has 0 atom stereocenters. The summed E-state index contributed by atoms with van der Waals surface area (Å²) in [5.74, 6) is -1.14. The molecule has 2 aromatic carbocycles. The van der Waals surface area contributed by atoms with Crippen LogP contribution < -0.4 is 4.74 Å². The molecule has 0 aliphatic carbocycles. The topological polar surface area (TPSA) is 55.5 Å². The van der Waals surface area contributed by atoms with Gasteiger partial charge in [0.1, 0.15) is 11.4 Å². The molecule has 3 rings (SSSR count). The second kappa shape index (κ2) is 6.18. The summed E-state index contributed by atoms with van der Waals surface area (Å²) >= 11 is 0. The molecule has 0 radical (unpaired) electrons. The SMILES string of the molecule is COc1cccc(-c2onc(-c3cccc(F)c3F)c2CO)c1. The first kappa shape index (κ1) is 15.2. The normalized spacial score (nSPS) is 10.8. The average Bonchev–Trinajstić information content (AvgIpc) is 3.01. The molecule has 6 heteroatoms. The Kier molecular flexibility index (Phi) is 4.08. The van der Waals surface area contributed by atoms with Crippen molar-refractivity contribution in [1.82, 2.24) is 5.16 Å². The smallest absolute Gasteiger partial charge is 0.173 e. The van der Waals surface area contributed by atoms with Crippen LogP contribution in [-0.2, 0) is 6.61 Å². The number of aliphatic hydroxyl groups excluding tert-OH is 1. The zero-order valence-corrected chi connectivity index (χ0v) is 12.2. The Morgan fingerprint density at radius 3 is 2.70 bits per heavy atom. The Hall–Kier alpha value is -2.73. The number of aromatic nitrogens is 1. The third kappa shape index (κ3) is 2.68. The summed E-state index contributed by atoms with van der Waals surface area (Å²) in [4.78, 5) is 0. The molecule has 0 saturated heterocycles. The van der Waals surface area contributed by atoms with E-state index in [1.165, 1.54) is 19.2 Å². The van der Waals surface area contributed by atoms with E-state index in [2.05, 4.69) is 5.16 Å². The molecule has 0 aliphatic heterocycles. The van der Waals surface area contributed by atoms with Gasteiger partial charge in [0.05, 0.1) is 19.3 Å². The fourth-order valence-electron chi connectivity index (χ4n) is 2.35. The first-order valence-electron chi connectivity index (χ1n) is 6.84. The molecular weight excluding hydrogens is 304 g/mol. The Labute approximate surface area is 130 Å². The van der Waals surface area contributed by atoms with Gasteiger partial charge in [0.25, 0.3) is 0 Å². The van der Waals surface area contributed by atoms with Crippen molar-refractivity contribution in [2.24, 2.45) is 0 Å². The van der Waals surface area contributed by atoms with Crippen LogP contribution in [0.15, 0.2) is 47.0 Å². The number of ether oxygens (including phenoxy) is 1. The van der Waals surface area contributed by atoms with Crippen molar-refractivity contribution < 1.29 is 23.1 Å². The lowest BCUT2D eigenvalue weighted by Gasteiger charge is -2.04. The van der Waals surface area contributed by atoms with Crippen molar-refractivity contribution in [3.63, 3.8) is 0 Å². The number of aliphatic hydroxyl groups is 1. The van der Waals surface area contributed by atoms with E-state index in [-0.39, 0.29) is 22.6 Å². The van der Waals surface area contributed by atoms with Crippen LogP contribution in [0, 0.1) is 11.6 Å². The summed E-state index contributed by atoms with van der Waals surface area (Å²) in [6.45, 7) is -0.429. The van der Waals surface area contributed by atoms with Crippen LogP contribution in [0.5, 0.6) is 5.75 Å². The molecule has 0 bridgehead atoms. The summed E-state index contributed by atoms with van der Waals surface area (Å²) < 4.78 is 37.8. The van der Waals surface area contributed by atoms with Crippen molar-refractivity contribution in [3.05, 3.63) is 59.7 Å². The van der Waals surface area contributed by atoms with Gasteiger partial charge in [-0.25, -0.2) is 8.78 Å². The number of rotatable bonds is 4. The number of nitrogens with zero attached hydrogens (tertiary/aromatic N) is 1. The van der Waals surface area contributed by atoms with Gasteiger partial charge >= 0.3 is 0 Å². The van der Waals surface area contributed by atoms with Crippen LogP contribution in [0.25, 0.3) is 22.6 Å². The Morgan fingerprint density at radius 1 is 1.17 bits per heavy atom. The number of methoxy groups -OCH3 is 1. The van der Waals surface area contributed by atoms with E-state index in [9.17, 15) is 13.9 Å². The Balaban J connectivity index is 2.15. The maximum Gasteiger partial charge on any atom is 0.173 e. The number of halogens is 2. The van der Waals surface area contributed by atoms with Crippen molar-refractivity contribution in [3.8, 4) is 28.3 Å². The second-order valence-corrected chi connectivity index (χ2v) is 4.83. The zero-order valence-electron chi connectivity index (χ0n) is 12.2. The number of hydrogen-bond acceptors (Lipinski definition) is 4. The van der Waals surface area contributed by atoms with Gasteiger partial charge in [0, 0.05) is 11.1 Å². The summed E-state index contributed by atoms with van der Waals surface area (Å²) in [5, 5.41) is 13.5. The van der Waals surface area contributed by atoms with Crippen molar-refractivity contribution >= 4 is 0 Å². The van der Waals surface area contributed by atoms with E-state index >= 15 is 0 Å². The quantitative estimate of drug-likeness (QED) is 0.795. The van der Waals surface area contributed by atoms with Gasteiger partial charge in [0.15, 0.2) is 17.4 Å². The lowest BCUT2D eigenvalue weighted by Crippen LogP contribution is -1.94. The highest BCUT2D eigenvalue weighted by atomic mass is 19.2. The fourth-order valence-corrected chi connectivity index (χ4v) is 2.35. The lowest BCUT2D eigenvalue weighted by molar-refractivity contribution is 0.281. The molecule has 1 heterocycles. The van der Waals surface area contributed by atoms with Crippen molar-refractivity contribution in [2.75, 3.05) is 7.11 Å². The average molecular weight is 317 g/mol. The predicted octanol–water partition coefficient (Wildman–Crippen LogP) is 3.79. The third-order valence-corrected chi connectivity index (χ3v) is 3.48. The van der Waals surface area contributed by atoms with E-state index in [0.717, 1.165) is 6.07 Å². The van der Waals surface area contributed by atoms with Gasteiger partial charge in [-0.1, -0.05) is 23.4 Å². The van der Waals surface area contributed by atoms with Crippen molar-refractivity contribution in [2.45, 2.75) is 6.61 Å². The standard InChI is InChI=1S/C17H13F2NO3/c1-22-11-5-2-4-10(8-11)17-13(9-21)16(20-23-17)12-6-3-7-14(18)15(12)19/h2-8,21H,9H2,1H3. The van der Waals surface area contributed by atoms with Crippen LogP contribution in [0.3, 0.4) is 0 Å². The molecule has 0 saturated carbocycles. The second-order valence-electron chi connectivity index (χ2n) is 4.83. The molecule has 0 spiro atoms. The van der Waals surface area contributed by atoms with E-state index < -0.39 is 18.2 Å². The maximum absolute atomic E-state index is 14.0. The molecule has 0 fully saturated rings. The highest BCUT2D eigenvalue weighted by Crippen LogP contribution is 2.35. The zero-order chi connectivity index (χ0) is 16.4. The van der Waals surface area contributed by atoms with Crippen LogP contribution in [0.1, 0.15) is 5.56 Å². The summed E-state index contributed by atoms with van der Waals surface area (Å²) in [6.07, 6.45) is 0. The highest BCUT2D eigenvalue weighted by Gasteiger charge is 2.22. The maximum atomic E-state index is 14.0. The van der Waals surface area contributed by atoms with Crippen LogP contribution in [-0.4, -0.2) is 17.4 Å². The number of hydrogen-bond donors (Lipinski definition) is 1. The summed E-state index contributed by atoms with van der Waals surface area (Å²) in [5.41, 5.74) is 0.904. The molecule has 1 N–H and O–H groups in total. The minimum atomic E-state index is -1.03. The molecule has 23 heavy (non-hydrogen) atoms. The molecule has 1 aromatic heterocycles. The van der Waals surface area contributed by atoms with E-state index in [1.807, 2.05) is 0 Å². The van der Waals surface area contributed by atoms with E-state index in [0.29, 0.717) is 11.3 Å². The number of benzene rings is 2. The Morgan fingerprint density at radius 2 is 1.96 bits per heavy atom. The molecule has 4 nitrogen and oxygen atoms in total. The van der Waals surface area contributed by atoms with Crippen LogP contribution >= 0.6 is 0 Å².